The molecule has 0 bridgehead atoms. The number of pyridine rings is 1. The van der Waals surface area contributed by atoms with Gasteiger partial charge in [0.25, 0.3) is 0 Å². The average Bonchev–Trinajstić information content (AvgIpc) is 3.00. The normalized spacial score (nSPS) is 19.6. The molecule has 2 aromatic heterocycles. The molecule has 19 heavy (non-hydrogen) atoms. The molecule has 3 rings (SSSR count). The molecule has 1 fully saturated rings. The number of ether oxygens (including phenoxy) is 1. The number of rotatable bonds is 4. The molecule has 1 saturated heterocycles. The SMILES string of the molecule is CN(Cc1cnc2ccc(Br)cn12)CC1CCOC1. The molecule has 3 heterocycles. The lowest BCUT2D eigenvalue weighted by Gasteiger charge is -2.19. The molecule has 0 radical (unpaired) electrons. The van der Waals surface area contributed by atoms with Crippen LogP contribution in [0.25, 0.3) is 5.65 Å². The lowest BCUT2D eigenvalue weighted by molar-refractivity contribution is 0.172. The van der Waals surface area contributed by atoms with E-state index in [4.69, 9.17) is 4.74 Å². The topological polar surface area (TPSA) is 29.8 Å². The third-order valence-corrected chi connectivity index (χ3v) is 4.04. The molecule has 1 atom stereocenters. The van der Waals surface area contributed by atoms with E-state index in [0.717, 1.165) is 36.4 Å². The molecule has 0 aliphatic carbocycles. The first kappa shape index (κ1) is 13.1. The average molecular weight is 324 g/mol. The van der Waals surface area contributed by atoms with E-state index in [0.29, 0.717) is 5.92 Å². The minimum Gasteiger partial charge on any atom is -0.381 e. The van der Waals surface area contributed by atoms with Crippen LogP contribution in [-0.2, 0) is 11.3 Å². The van der Waals surface area contributed by atoms with Crippen LogP contribution in [0.5, 0.6) is 0 Å². The van der Waals surface area contributed by atoms with Crippen molar-refractivity contribution in [1.82, 2.24) is 14.3 Å². The van der Waals surface area contributed by atoms with E-state index in [1.165, 1.54) is 12.1 Å². The zero-order valence-corrected chi connectivity index (χ0v) is 12.6. The number of fused-ring (bicyclic) bond motifs is 1. The van der Waals surface area contributed by atoms with Crippen molar-refractivity contribution < 1.29 is 4.74 Å². The van der Waals surface area contributed by atoms with Gasteiger partial charge >= 0.3 is 0 Å². The predicted molar refractivity (Wildman–Crippen MR) is 78.2 cm³/mol. The van der Waals surface area contributed by atoms with E-state index in [2.05, 4.69) is 43.5 Å². The standard InChI is InChI=1S/C14H18BrN3O/c1-17(7-11-4-5-19-10-11)9-13-6-16-14-3-2-12(15)8-18(13)14/h2-3,6,8,11H,4-5,7,9-10H2,1H3. The first-order valence-corrected chi connectivity index (χ1v) is 7.39. The Kier molecular flexibility index (Phi) is 3.86. The molecular formula is C14H18BrN3O. The van der Waals surface area contributed by atoms with E-state index < -0.39 is 0 Å². The molecule has 4 nitrogen and oxygen atoms in total. The van der Waals surface area contributed by atoms with Gasteiger partial charge in [-0.1, -0.05) is 0 Å². The molecule has 1 aliphatic heterocycles. The number of hydrogen-bond acceptors (Lipinski definition) is 3. The summed E-state index contributed by atoms with van der Waals surface area (Å²) in [6.07, 6.45) is 5.22. The second-order valence-corrected chi connectivity index (χ2v) is 6.17. The smallest absolute Gasteiger partial charge is 0.136 e. The first-order valence-electron chi connectivity index (χ1n) is 6.60. The fourth-order valence-corrected chi connectivity index (χ4v) is 2.97. The van der Waals surface area contributed by atoms with Crippen LogP contribution in [0.15, 0.2) is 29.0 Å². The Hall–Kier alpha value is -0.910. The van der Waals surface area contributed by atoms with Crippen molar-refractivity contribution in [2.75, 3.05) is 26.8 Å². The summed E-state index contributed by atoms with van der Waals surface area (Å²) in [5.41, 5.74) is 2.22. The number of halogens is 1. The van der Waals surface area contributed by atoms with Gasteiger partial charge in [-0.2, -0.15) is 0 Å². The van der Waals surface area contributed by atoms with E-state index in [9.17, 15) is 0 Å². The fourth-order valence-electron chi connectivity index (χ4n) is 2.63. The van der Waals surface area contributed by atoms with Crippen LogP contribution < -0.4 is 0 Å². The van der Waals surface area contributed by atoms with Crippen LogP contribution in [0.1, 0.15) is 12.1 Å². The summed E-state index contributed by atoms with van der Waals surface area (Å²) < 4.78 is 8.65. The Morgan fingerprint density at radius 2 is 2.42 bits per heavy atom. The third-order valence-electron chi connectivity index (χ3n) is 3.57. The number of imidazole rings is 1. The molecule has 0 saturated carbocycles. The number of nitrogens with zero attached hydrogens (tertiary/aromatic N) is 3. The van der Waals surface area contributed by atoms with Gasteiger partial charge in [-0.3, -0.25) is 0 Å². The summed E-state index contributed by atoms with van der Waals surface area (Å²) in [7, 11) is 2.16. The van der Waals surface area contributed by atoms with Gasteiger partial charge in [-0.25, -0.2) is 4.98 Å². The van der Waals surface area contributed by atoms with Gasteiger partial charge in [0.1, 0.15) is 5.65 Å². The molecule has 1 unspecified atom stereocenters. The molecule has 5 heteroatoms. The summed E-state index contributed by atoms with van der Waals surface area (Å²) in [5, 5.41) is 0. The van der Waals surface area contributed by atoms with Gasteiger partial charge in [-0.05, 0) is 47.4 Å². The second kappa shape index (κ2) is 5.61. The summed E-state index contributed by atoms with van der Waals surface area (Å²) in [6.45, 7) is 3.82. The molecule has 0 N–H and O–H groups in total. The summed E-state index contributed by atoms with van der Waals surface area (Å²) >= 11 is 3.51. The number of hydrogen-bond donors (Lipinski definition) is 0. The quantitative estimate of drug-likeness (QED) is 0.866. The van der Waals surface area contributed by atoms with Gasteiger partial charge in [0.2, 0.25) is 0 Å². The zero-order chi connectivity index (χ0) is 13.2. The van der Waals surface area contributed by atoms with Crippen molar-refractivity contribution >= 4 is 21.6 Å². The van der Waals surface area contributed by atoms with Gasteiger partial charge in [0, 0.05) is 30.4 Å². The highest BCUT2D eigenvalue weighted by Crippen LogP contribution is 2.17. The van der Waals surface area contributed by atoms with Crippen molar-refractivity contribution in [2.24, 2.45) is 5.92 Å². The molecular weight excluding hydrogens is 306 g/mol. The molecule has 102 valence electrons. The third kappa shape index (κ3) is 2.99. The summed E-state index contributed by atoms with van der Waals surface area (Å²) in [4.78, 5) is 6.79. The highest BCUT2D eigenvalue weighted by Gasteiger charge is 2.18. The first-order chi connectivity index (χ1) is 9.22. The van der Waals surface area contributed by atoms with E-state index in [-0.39, 0.29) is 0 Å². The Balaban J connectivity index is 1.71. The molecule has 0 amide bonds. The summed E-state index contributed by atoms with van der Waals surface area (Å²) in [6, 6.07) is 4.05. The zero-order valence-electron chi connectivity index (χ0n) is 11.1. The minimum atomic E-state index is 0.677. The van der Waals surface area contributed by atoms with Gasteiger partial charge in [0.05, 0.1) is 18.5 Å². The van der Waals surface area contributed by atoms with Crippen LogP contribution in [0.2, 0.25) is 0 Å². The second-order valence-electron chi connectivity index (χ2n) is 5.25. The van der Waals surface area contributed by atoms with Crippen LogP contribution in [-0.4, -0.2) is 41.1 Å². The van der Waals surface area contributed by atoms with Crippen LogP contribution in [0.3, 0.4) is 0 Å². The lowest BCUT2D eigenvalue weighted by Crippen LogP contribution is -2.26. The maximum absolute atomic E-state index is 5.43. The van der Waals surface area contributed by atoms with Crippen molar-refractivity contribution in [3.8, 4) is 0 Å². The maximum Gasteiger partial charge on any atom is 0.136 e. The Labute approximate surface area is 121 Å². The lowest BCUT2D eigenvalue weighted by atomic mass is 10.1. The van der Waals surface area contributed by atoms with Crippen molar-refractivity contribution in [1.29, 1.82) is 0 Å². The Morgan fingerprint density at radius 3 is 3.21 bits per heavy atom. The molecule has 0 spiro atoms. The largest absolute Gasteiger partial charge is 0.381 e. The summed E-state index contributed by atoms with van der Waals surface area (Å²) in [5.74, 6) is 0.677. The number of aromatic nitrogens is 2. The Bertz CT molecular complexity index is 563. The monoisotopic (exact) mass is 323 g/mol. The van der Waals surface area contributed by atoms with Gasteiger partial charge in [-0.15, -0.1) is 0 Å². The molecule has 0 aromatic carbocycles. The predicted octanol–water partition coefficient (Wildman–Crippen LogP) is 2.57. The van der Waals surface area contributed by atoms with Gasteiger partial charge in [0.15, 0.2) is 0 Å². The highest BCUT2D eigenvalue weighted by molar-refractivity contribution is 9.10. The van der Waals surface area contributed by atoms with Gasteiger partial charge < -0.3 is 14.0 Å². The molecule has 2 aromatic rings. The van der Waals surface area contributed by atoms with Crippen LogP contribution in [0, 0.1) is 5.92 Å². The van der Waals surface area contributed by atoms with Crippen LogP contribution in [0.4, 0.5) is 0 Å². The minimum absolute atomic E-state index is 0.677. The van der Waals surface area contributed by atoms with Crippen LogP contribution >= 0.6 is 15.9 Å². The maximum atomic E-state index is 5.43. The van der Waals surface area contributed by atoms with E-state index in [1.54, 1.807) is 0 Å². The van der Waals surface area contributed by atoms with Crippen molar-refractivity contribution in [3.05, 3.63) is 34.7 Å². The van der Waals surface area contributed by atoms with E-state index >= 15 is 0 Å². The van der Waals surface area contributed by atoms with E-state index in [1.807, 2.05) is 18.3 Å². The highest BCUT2D eigenvalue weighted by atomic mass is 79.9. The molecule has 1 aliphatic rings. The Morgan fingerprint density at radius 1 is 1.53 bits per heavy atom. The van der Waals surface area contributed by atoms with Crippen molar-refractivity contribution in [2.45, 2.75) is 13.0 Å². The fraction of sp³-hybridized carbons (Fsp3) is 0.500. The van der Waals surface area contributed by atoms with Crippen molar-refractivity contribution in [3.63, 3.8) is 0 Å².